The zero-order chi connectivity index (χ0) is 17.0. The van der Waals surface area contributed by atoms with Crippen molar-refractivity contribution in [2.75, 3.05) is 5.32 Å². The number of nitrogens with one attached hydrogen (secondary N) is 3. The molecule has 0 aliphatic carbocycles. The molecule has 10 heteroatoms. The molecule has 124 valence electrons. The molecule has 0 aliphatic rings. The molecule has 0 radical (unpaired) electrons. The Hall–Kier alpha value is -2.72. The van der Waals surface area contributed by atoms with Gasteiger partial charge in [-0.3, -0.25) is 5.10 Å². The first-order valence-corrected chi connectivity index (χ1v) is 9.19. The summed E-state index contributed by atoms with van der Waals surface area (Å²) >= 11 is 1.06. The molecule has 0 saturated carbocycles. The van der Waals surface area contributed by atoms with E-state index in [9.17, 15) is 13.2 Å². The van der Waals surface area contributed by atoms with Gasteiger partial charge in [-0.2, -0.15) is 5.10 Å². The van der Waals surface area contributed by atoms with E-state index >= 15 is 0 Å². The van der Waals surface area contributed by atoms with Crippen molar-refractivity contribution in [3.05, 3.63) is 53.8 Å². The third-order valence-electron chi connectivity index (χ3n) is 3.07. The van der Waals surface area contributed by atoms with Crippen LogP contribution in [0.15, 0.2) is 57.5 Å². The number of hydrogen-bond acceptors (Lipinski definition) is 6. The van der Waals surface area contributed by atoms with Crippen molar-refractivity contribution < 1.29 is 13.2 Å². The van der Waals surface area contributed by atoms with Crippen LogP contribution in [0, 0.1) is 0 Å². The van der Waals surface area contributed by atoms with Gasteiger partial charge in [0.25, 0.3) is 0 Å². The molecule has 24 heavy (non-hydrogen) atoms. The molecule has 2 aromatic heterocycles. The lowest BCUT2D eigenvalue weighted by Crippen LogP contribution is -2.28. The maximum absolute atomic E-state index is 12.3. The normalized spacial score (nSPS) is 11.2. The van der Waals surface area contributed by atoms with Crippen LogP contribution in [0.1, 0.15) is 5.56 Å². The van der Waals surface area contributed by atoms with Crippen molar-refractivity contribution >= 4 is 32.9 Å². The molecular formula is C14H13N5O3S2. The molecule has 2 heterocycles. The maximum atomic E-state index is 12.3. The Morgan fingerprint density at radius 1 is 1.25 bits per heavy atom. The monoisotopic (exact) mass is 363 g/mol. The van der Waals surface area contributed by atoms with Gasteiger partial charge in [0.2, 0.25) is 14.2 Å². The van der Waals surface area contributed by atoms with E-state index in [1.54, 1.807) is 17.8 Å². The summed E-state index contributed by atoms with van der Waals surface area (Å²) in [7, 11) is -3.61. The molecule has 0 aliphatic heterocycles. The maximum Gasteiger partial charge on any atom is 0.319 e. The van der Waals surface area contributed by atoms with Gasteiger partial charge in [0.1, 0.15) is 0 Å². The van der Waals surface area contributed by atoms with Crippen LogP contribution < -0.4 is 10.6 Å². The van der Waals surface area contributed by atoms with Gasteiger partial charge in [-0.15, -0.1) is 11.3 Å². The second-order valence-electron chi connectivity index (χ2n) is 4.74. The Morgan fingerprint density at radius 3 is 2.67 bits per heavy atom. The minimum atomic E-state index is -3.61. The quantitative estimate of drug-likeness (QED) is 0.641. The lowest BCUT2D eigenvalue weighted by Gasteiger charge is -2.07. The lowest BCUT2D eigenvalue weighted by molar-refractivity contribution is 0.251. The topological polar surface area (TPSA) is 117 Å². The molecule has 0 spiro atoms. The van der Waals surface area contributed by atoms with Crippen LogP contribution in [-0.4, -0.2) is 29.6 Å². The number of urea groups is 1. The number of rotatable bonds is 5. The van der Waals surface area contributed by atoms with E-state index in [4.69, 9.17) is 0 Å². The number of benzene rings is 1. The first kappa shape index (κ1) is 16.1. The Labute approximate surface area is 141 Å². The SMILES string of the molecule is O=C(NCc1cn[nH]c1)Nc1ccc(S(=O)(=O)c2nccs2)cc1. The number of carbonyl (C=O) groups is 1. The molecular weight excluding hydrogens is 350 g/mol. The number of amides is 2. The highest BCUT2D eigenvalue weighted by Gasteiger charge is 2.20. The van der Waals surface area contributed by atoms with Gasteiger partial charge in [0, 0.05) is 35.6 Å². The predicted molar refractivity (Wildman–Crippen MR) is 88.5 cm³/mol. The minimum Gasteiger partial charge on any atom is -0.334 e. The Morgan fingerprint density at radius 2 is 2.04 bits per heavy atom. The van der Waals surface area contributed by atoms with Gasteiger partial charge in [0.05, 0.1) is 11.1 Å². The Kier molecular flexibility index (Phi) is 4.58. The number of anilines is 1. The van der Waals surface area contributed by atoms with Crippen molar-refractivity contribution in [3.63, 3.8) is 0 Å². The number of thiazole rings is 1. The van der Waals surface area contributed by atoms with Gasteiger partial charge < -0.3 is 10.6 Å². The van der Waals surface area contributed by atoms with Crippen LogP contribution in [0.2, 0.25) is 0 Å². The summed E-state index contributed by atoms with van der Waals surface area (Å²) in [6.45, 7) is 0.332. The number of hydrogen-bond donors (Lipinski definition) is 3. The summed E-state index contributed by atoms with van der Waals surface area (Å²) in [5.41, 5.74) is 1.33. The standard InChI is InChI=1S/C14H13N5O3S2/c20-13(16-7-10-8-17-18-9-10)19-11-1-3-12(4-2-11)24(21,22)14-15-5-6-23-14/h1-6,8-9H,7H2,(H,17,18)(H2,16,19,20). The molecule has 0 saturated heterocycles. The highest BCUT2D eigenvalue weighted by molar-refractivity contribution is 7.93. The van der Waals surface area contributed by atoms with E-state index in [2.05, 4.69) is 25.8 Å². The molecule has 0 atom stereocenters. The summed E-state index contributed by atoms with van der Waals surface area (Å²) in [6.07, 6.45) is 4.73. The van der Waals surface area contributed by atoms with Gasteiger partial charge in [-0.05, 0) is 24.3 Å². The highest BCUT2D eigenvalue weighted by atomic mass is 32.2. The van der Waals surface area contributed by atoms with E-state index in [0.717, 1.165) is 16.9 Å². The summed E-state index contributed by atoms with van der Waals surface area (Å²) in [5, 5.41) is 13.3. The molecule has 1 aromatic carbocycles. The molecule has 3 N–H and O–H groups in total. The molecule has 0 fully saturated rings. The van der Waals surface area contributed by atoms with Gasteiger partial charge in [-0.1, -0.05) is 0 Å². The van der Waals surface area contributed by atoms with E-state index < -0.39 is 15.9 Å². The van der Waals surface area contributed by atoms with Crippen LogP contribution in [0.4, 0.5) is 10.5 Å². The molecule has 0 bridgehead atoms. The zero-order valence-electron chi connectivity index (χ0n) is 12.3. The molecule has 3 aromatic rings. The fraction of sp³-hybridized carbons (Fsp3) is 0.0714. The number of carbonyl (C=O) groups excluding carboxylic acids is 1. The van der Waals surface area contributed by atoms with Crippen molar-refractivity contribution in [1.82, 2.24) is 20.5 Å². The Bertz CT molecular complexity index is 904. The van der Waals surface area contributed by atoms with Crippen LogP contribution in [0.5, 0.6) is 0 Å². The average molecular weight is 363 g/mol. The third kappa shape index (κ3) is 3.60. The first-order chi connectivity index (χ1) is 11.6. The minimum absolute atomic E-state index is 0.0427. The Balaban J connectivity index is 1.63. The van der Waals surface area contributed by atoms with Crippen molar-refractivity contribution in [3.8, 4) is 0 Å². The largest absolute Gasteiger partial charge is 0.334 e. The van der Waals surface area contributed by atoms with Crippen LogP contribution in [0.3, 0.4) is 0 Å². The number of sulfone groups is 1. The van der Waals surface area contributed by atoms with Gasteiger partial charge in [-0.25, -0.2) is 18.2 Å². The predicted octanol–water partition coefficient (Wildman–Crippen LogP) is 2.02. The van der Waals surface area contributed by atoms with Crippen LogP contribution in [-0.2, 0) is 16.4 Å². The van der Waals surface area contributed by atoms with Crippen LogP contribution >= 0.6 is 11.3 Å². The fourth-order valence-corrected chi connectivity index (χ4v) is 4.11. The fourth-order valence-electron chi connectivity index (χ4n) is 1.89. The van der Waals surface area contributed by atoms with Gasteiger partial charge in [0.15, 0.2) is 0 Å². The van der Waals surface area contributed by atoms with E-state index in [1.807, 2.05) is 0 Å². The van der Waals surface area contributed by atoms with E-state index in [-0.39, 0.29) is 9.24 Å². The first-order valence-electron chi connectivity index (χ1n) is 6.83. The second-order valence-corrected chi connectivity index (χ2v) is 7.76. The van der Waals surface area contributed by atoms with Crippen molar-refractivity contribution in [2.24, 2.45) is 0 Å². The smallest absolute Gasteiger partial charge is 0.319 e. The molecule has 3 rings (SSSR count). The van der Waals surface area contributed by atoms with Crippen molar-refractivity contribution in [1.29, 1.82) is 0 Å². The zero-order valence-corrected chi connectivity index (χ0v) is 13.9. The van der Waals surface area contributed by atoms with E-state index in [1.165, 1.54) is 30.5 Å². The third-order valence-corrected chi connectivity index (χ3v) is 6.04. The number of aromatic amines is 1. The summed E-state index contributed by atoms with van der Waals surface area (Å²) in [6, 6.07) is 5.52. The number of aromatic nitrogens is 3. The summed E-state index contributed by atoms with van der Waals surface area (Å²) in [5.74, 6) is 0. The number of H-pyrrole nitrogens is 1. The summed E-state index contributed by atoms with van der Waals surface area (Å²) in [4.78, 5) is 15.8. The summed E-state index contributed by atoms with van der Waals surface area (Å²) < 4.78 is 24.6. The average Bonchev–Trinajstić information content (AvgIpc) is 3.27. The molecule has 0 unspecified atom stereocenters. The second kappa shape index (κ2) is 6.81. The molecule has 8 nitrogen and oxygen atoms in total. The molecule has 2 amide bonds. The highest BCUT2D eigenvalue weighted by Crippen LogP contribution is 2.23. The van der Waals surface area contributed by atoms with Gasteiger partial charge >= 0.3 is 6.03 Å². The van der Waals surface area contributed by atoms with Crippen LogP contribution in [0.25, 0.3) is 0 Å². The number of nitrogens with zero attached hydrogens (tertiary/aromatic N) is 2. The van der Waals surface area contributed by atoms with E-state index in [0.29, 0.717) is 12.2 Å². The lowest BCUT2D eigenvalue weighted by atomic mass is 10.3. The van der Waals surface area contributed by atoms with Crippen molar-refractivity contribution in [2.45, 2.75) is 15.8 Å².